The minimum Gasteiger partial charge on any atom is -0.467 e. The molecule has 1 unspecified atom stereocenters. The zero-order chi connectivity index (χ0) is 13.0. The van der Waals surface area contributed by atoms with Gasteiger partial charge in [0.15, 0.2) is 0 Å². The monoisotopic (exact) mass is 275 g/mol. The fourth-order valence-electron chi connectivity index (χ4n) is 1.29. The van der Waals surface area contributed by atoms with E-state index in [0.717, 1.165) is 0 Å². The first-order chi connectivity index (χ1) is 7.97. The molecule has 0 fully saturated rings. The van der Waals surface area contributed by atoms with Crippen molar-refractivity contribution in [2.45, 2.75) is 19.9 Å². The first kappa shape index (κ1) is 14.0. The van der Waals surface area contributed by atoms with Crippen molar-refractivity contribution in [1.82, 2.24) is 5.32 Å². The number of nitrogens with one attached hydrogen (secondary N) is 1. The quantitative estimate of drug-likeness (QED) is 0.858. The summed E-state index contributed by atoms with van der Waals surface area (Å²) in [4.78, 5) is 23.7. The number of carbonyl (C=O) groups is 2. The van der Waals surface area contributed by atoms with Crippen LogP contribution in [0.3, 0.4) is 0 Å². The number of thiophene rings is 1. The van der Waals surface area contributed by atoms with Gasteiger partial charge in [0.05, 0.1) is 12.1 Å². The summed E-state index contributed by atoms with van der Waals surface area (Å²) in [6.07, 6.45) is 0. The molecule has 0 aliphatic heterocycles. The molecule has 1 atom stereocenters. The third kappa shape index (κ3) is 3.44. The number of esters is 1. The largest absolute Gasteiger partial charge is 0.467 e. The third-order valence-electron chi connectivity index (χ3n) is 2.23. The van der Waals surface area contributed by atoms with E-state index in [0.29, 0.717) is 9.90 Å². The van der Waals surface area contributed by atoms with Crippen LogP contribution in [-0.4, -0.2) is 25.0 Å². The van der Waals surface area contributed by atoms with E-state index < -0.39 is 12.0 Å². The van der Waals surface area contributed by atoms with E-state index in [1.165, 1.54) is 18.4 Å². The number of rotatable bonds is 4. The molecule has 1 rings (SSSR count). The minimum absolute atomic E-state index is 0.0508. The minimum atomic E-state index is -0.661. The van der Waals surface area contributed by atoms with Crippen molar-refractivity contribution in [1.29, 1.82) is 0 Å². The summed E-state index contributed by atoms with van der Waals surface area (Å²) >= 11 is 7.08. The van der Waals surface area contributed by atoms with Crippen molar-refractivity contribution in [3.8, 4) is 0 Å². The van der Waals surface area contributed by atoms with Crippen LogP contribution in [0.1, 0.15) is 23.5 Å². The summed E-state index contributed by atoms with van der Waals surface area (Å²) in [6, 6.07) is 0.981. The lowest BCUT2D eigenvalue weighted by Gasteiger charge is -2.19. The van der Waals surface area contributed by atoms with Gasteiger partial charge in [0, 0.05) is 0 Å². The number of ether oxygens (including phenoxy) is 1. The predicted octanol–water partition coefficient (Wildman–Crippen LogP) is 2.33. The Labute approximate surface area is 109 Å². The van der Waals surface area contributed by atoms with E-state index in [4.69, 9.17) is 11.6 Å². The fraction of sp³-hybridized carbons (Fsp3) is 0.455. The van der Waals surface area contributed by atoms with Gasteiger partial charge in [-0.15, -0.1) is 11.3 Å². The highest BCUT2D eigenvalue weighted by Crippen LogP contribution is 2.22. The molecule has 1 N–H and O–H groups in total. The van der Waals surface area contributed by atoms with Gasteiger partial charge in [0.2, 0.25) is 0 Å². The van der Waals surface area contributed by atoms with Crippen molar-refractivity contribution < 1.29 is 14.3 Å². The number of amides is 1. The Bertz CT molecular complexity index is 417. The molecule has 1 aromatic heterocycles. The van der Waals surface area contributed by atoms with Gasteiger partial charge < -0.3 is 10.1 Å². The highest BCUT2D eigenvalue weighted by Gasteiger charge is 2.26. The van der Waals surface area contributed by atoms with Crippen LogP contribution < -0.4 is 5.32 Å². The lowest BCUT2D eigenvalue weighted by Crippen LogP contribution is -2.44. The molecule has 0 aromatic carbocycles. The number of hydrogen-bond donors (Lipinski definition) is 1. The molecule has 1 heterocycles. The molecule has 94 valence electrons. The zero-order valence-corrected chi connectivity index (χ0v) is 11.4. The molecule has 1 aromatic rings. The third-order valence-corrected chi connectivity index (χ3v) is 3.57. The first-order valence-electron chi connectivity index (χ1n) is 5.09. The summed E-state index contributed by atoms with van der Waals surface area (Å²) in [5, 5.41) is 4.73. The van der Waals surface area contributed by atoms with Crippen LogP contribution in [0.4, 0.5) is 0 Å². The van der Waals surface area contributed by atoms with Crippen LogP contribution in [-0.2, 0) is 9.53 Å². The van der Waals surface area contributed by atoms with Gasteiger partial charge in [0.25, 0.3) is 5.91 Å². The van der Waals surface area contributed by atoms with Gasteiger partial charge in [-0.2, -0.15) is 0 Å². The Hall–Kier alpha value is -1.07. The normalized spacial score (nSPS) is 12.3. The number of carbonyl (C=O) groups excluding carboxylic acids is 2. The lowest BCUT2D eigenvalue weighted by molar-refractivity contribution is -0.144. The van der Waals surface area contributed by atoms with Crippen molar-refractivity contribution in [3.63, 3.8) is 0 Å². The van der Waals surface area contributed by atoms with E-state index in [9.17, 15) is 9.59 Å². The van der Waals surface area contributed by atoms with Crippen LogP contribution in [0, 0.1) is 5.92 Å². The van der Waals surface area contributed by atoms with Gasteiger partial charge in [-0.05, 0) is 17.4 Å². The van der Waals surface area contributed by atoms with Gasteiger partial charge in [-0.1, -0.05) is 25.4 Å². The van der Waals surface area contributed by atoms with E-state index in [2.05, 4.69) is 10.1 Å². The average Bonchev–Trinajstić information content (AvgIpc) is 2.70. The summed E-state index contributed by atoms with van der Waals surface area (Å²) < 4.78 is 4.64. The smallest absolute Gasteiger partial charge is 0.328 e. The fourth-order valence-corrected chi connectivity index (χ4v) is 2.33. The summed E-state index contributed by atoms with van der Waals surface area (Å²) in [6.45, 7) is 3.66. The van der Waals surface area contributed by atoms with E-state index in [1.807, 2.05) is 13.8 Å². The van der Waals surface area contributed by atoms with Gasteiger partial charge in [-0.25, -0.2) is 4.79 Å². The van der Waals surface area contributed by atoms with Crippen LogP contribution in [0.15, 0.2) is 11.4 Å². The molecule has 0 aliphatic carbocycles. The Balaban J connectivity index is 2.78. The Kier molecular flexibility index (Phi) is 4.96. The predicted molar refractivity (Wildman–Crippen MR) is 67.4 cm³/mol. The highest BCUT2D eigenvalue weighted by molar-refractivity contribution is 7.12. The standard InChI is InChI=1S/C11H14ClNO3S/c1-6(2)8(11(15)16-3)13-10(14)9-7(12)4-5-17-9/h4-6,8H,1-3H3,(H,13,14). The molecule has 17 heavy (non-hydrogen) atoms. The molecular formula is C11H14ClNO3S. The second-order valence-corrected chi connectivity index (χ2v) is 5.14. The average molecular weight is 276 g/mol. The molecule has 0 radical (unpaired) electrons. The lowest BCUT2D eigenvalue weighted by atomic mass is 10.0. The Morgan fingerprint density at radius 2 is 2.12 bits per heavy atom. The van der Waals surface area contributed by atoms with Gasteiger partial charge in [0.1, 0.15) is 10.9 Å². The van der Waals surface area contributed by atoms with Crippen LogP contribution >= 0.6 is 22.9 Å². The first-order valence-corrected chi connectivity index (χ1v) is 6.34. The number of halogens is 1. The molecule has 0 spiro atoms. The zero-order valence-electron chi connectivity index (χ0n) is 9.82. The van der Waals surface area contributed by atoms with Crippen LogP contribution in [0.25, 0.3) is 0 Å². The summed E-state index contributed by atoms with van der Waals surface area (Å²) in [5.74, 6) is -0.861. The molecule has 0 saturated carbocycles. The van der Waals surface area contributed by atoms with Crippen molar-refractivity contribution in [3.05, 3.63) is 21.3 Å². The van der Waals surface area contributed by atoms with Crippen LogP contribution in [0.2, 0.25) is 5.02 Å². The van der Waals surface area contributed by atoms with Crippen molar-refractivity contribution in [2.24, 2.45) is 5.92 Å². The Morgan fingerprint density at radius 1 is 1.47 bits per heavy atom. The van der Waals surface area contributed by atoms with Crippen molar-refractivity contribution in [2.75, 3.05) is 7.11 Å². The molecule has 4 nitrogen and oxygen atoms in total. The number of methoxy groups -OCH3 is 1. The maximum absolute atomic E-state index is 11.9. The van der Waals surface area contributed by atoms with E-state index >= 15 is 0 Å². The SMILES string of the molecule is COC(=O)C(NC(=O)c1sccc1Cl)C(C)C. The van der Waals surface area contributed by atoms with Crippen LogP contribution in [0.5, 0.6) is 0 Å². The maximum Gasteiger partial charge on any atom is 0.328 e. The van der Waals surface area contributed by atoms with E-state index in [1.54, 1.807) is 11.4 Å². The second-order valence-electron chi connectivity index (χ2n) is 3.82. The number of hydrogen-bond acceptors (Lipinski definition) is 4. The summed E-state index contributed by atoms with van der Waals surface area (Å²) in [5.41, 5.74) is 0. The molecule has 0 aliphatic rings. The molecule has 1 amide bonds. The highest BCUT2D eigenvalue weighted by atomic mass is 35.5. The molecule has 6 heteroatoms. The summed E-state index contributed by atoms with van der Waals surface area (Å²) in [7, 11) is 1.29. The van der Waals surface area contributed by atoms with E-state index in [-0.39, 0.29) is 11.8 Å². The Morgan fingerprint density at radius 3 is 2.53 bits per heavy atom. The second kappa shape index (κ2) is 6.02. The van der Waals surface area contributed by atoms with Gasteiger partial charge in [-0.3, -0.25) is 4.79 Å². The molecular weight excluding hydrogens is 262 g/mol. The molecule has 0 bridgehead atoms. The topological polar surface area (TPSA) is 55.4 Å². The van der Waals surface area contributed by atoms with Crippen molar-refractivity contribution >= 4 is 34.8 Å². The molecule has 0 saturated heterocycles. The maximum atomic E-state index is 11.9. The van der Waals surface area contributed by atoms with Gasteiger partial charge >= 0.3 is 5.97 Å².